The lowest BCUT2D eigenvalue weighted by atomic mass is 10.2. The molecule has 1 aromatic rings. The van der Waals surface area contributed by atoms with Crippen molar-refractivity contribution < 1.29 is 4.74 Å². The fourth-order valence-electron chi connectivity index (χ4n) is 1.42. The standard InChI is InChI=1S/C13H21NO/c1-5-8-15-12-6-7-13(11(4)9-12)14-10(2)3/h6-7,9-10,14H,5,8H2,1-4H3. The molecule has 84 valence electrons. The second kappa shape index (κ2) is 5.64. The molecular formula is C13H21NO. The second-order valence-corrected chi connectivity index (χ2v) is 4.12. The number of hydrogen-bond acceptors (Lipinski definition) is 2. The monoisotopic (exact) mass is 207 g/mol. The van der Waals surface area contributed by atoms with Crippen LogP contribution in [0.2, 0.25) is 0 Å². The van der Waals surface area contributed by atoms with Crippen molar-refractivity contribution in [1.29, 1.82) is 0 Å². The first-order valence-corrected chi connectivity index (χ1v) is 5.63. The van der Waals surface area contributed by atoms with E-state index in [9.17, 15) is 0 Å². The van der Waals surface area contributed by atoms with Gasteiger partial charge in [-0.05, 0) is 51.0 Å². The van der Waals surface area contributed by atoms with Gasteiger partial charge in [-0.25, -0.2) is 0 Å². The Morgan fingerprint density at radius 2 is 2.07 bits per heavy atom. The van der Waals surface area contributed by atoms with Gasteiger partial charge in [0.25, 0.3) is 0 Å². The van der Waals surface area contributed by atoms with Gasteiger partial charge >= 0.3 is 0 Å². The Hall–Kier alpha value is -1.18. The molecule has 0 bridgehead atoms. The summed E-state index contributed by atoms with van der Waals surface area (Å²) in [5, 5.41) is 3.40. The van der Waals surface area contributed by atoms with Crippen LogP contribution in [0.4, 0.5) is 5.69 Å². The summed E-state index contributed by atoms with van der Waals surface area (Å²) in [5.74, 6) is 0.962. The molecule has 0 aliphatic carbocycles. The molecule has 15 heavy (non-hydrogen) atoms. The number of benzene rings is 1. The van der Waals surface area contributed by atoms with Gasteiger partial charge in [0.15, 0.2) is 0 Å². The fourth-order valence-corrected chi connectivity index (χ4v) is 1.42. The van der Waals surface area contributed by atoms with Crippen LogP contribution in [0.25, 0.3) is 0 Å². The molecule has 0 aliphatic heterocycles. The number of aryl methyl sites for hydroxylation is 1. The molecule has 0 radical (unpaired) electrons. The lowest BCUT2D eigenvalue weighted by Crippen LogP contribution is -2.10. The summed E-state index contributed by atoms with van der Waals surface area (Å²) in [6, 6.07) is 6.65. The van der Waals surface area contributed by atoms with E-state index in [0.717, 1.165) is 18.8 Å². The number of hydrogen-bond donors (Lipinski definition) is 1. The first-order valence-electron chi connectivity index (χ1n) is 5.63. The van der Waals surface area contributed by atoms with Gasteiger partial charge in [0, 0.05) is 11.7 Å². The predicted molar refractivity (Wildman–Crippen MR) is 65.7 cm³/mol. The second-order valence-electron chi connectivity index (χ2n) is 4.12. The average Bonchev–Trinajstić information content (AvgIpc) is 2.18. The summed E-state index contributed by atoms with van der Waals surface area (Å²) in [4.78, 5) is 0. The van der Waals surface area contributed by atoms with E-state index in [1.54, 1.807) is 0 Å². The van der Waals surface area contributed by atoms with E-state index in [-0.39, 0.29) is 0 Å². The minimum Gasteiger partial charge on any atom is -0.494 e. The maximum atomic E-state index is 5.57. The Morgan fingerprint density at radius 1 is 1.33 bits per heavy atom. The van der Waals surface area contributed by atoms with Gasteiger partial charge in [0.1, 0.15) is 5.75 Å². The highest BCUT2D eigenvalue weighted by molar-refractivity contribution is 5.53. The fraction of sp³-hybridized carbons (Fsp3) is 0.538. The zero-order chi connectivity index (χ0) is 11.3. The zero-order valence-corrected chi connectivity index (χ0v) is 10.1. The van der Waals surface area contributed by atoms with Crippen molar-refractivity contribution in [3.63, 3.8) is 0 Å². The first kappa shape index (κ1) is 11.9. The van der Waals surface area contributed by atoms with Crippen LogP contribution in [0.1, 0.15) is 32.8 Å². The number of rotatable bonds is 5. The van der Waals surface area contributed by atoms with E-state index in [1.165, 1.54) is 11.3 Å². The molecule has 0 atom stereocenters. The van der Waals surface area contributed by atoms with E-state index >= 15 is 0 Å². The summed E-state index contributed by atoms with van der Waals surface area (Å²) >= 11 is 0. The van der Waals surface area contributed by atoms with Gasteiger partial charge in [-0.3, -0.25) is 0 Å². The third-order valence-electron chi connectivity index (χ3n) is 2.11. The molecule has 0 unspecified atom stereocenters. The maximum absolute atomic E-state index is 5.57. The van der Waals surface area contributed by atoms with E-state index in [2.05, 4.69) is 45.1 Å². The largest absolute Gasteiger partial charge is 0.494 e. The zero-order valence-electron chi connectivity index (χ0n) is 10.1. The van der Waals surface area contributed by atoms with Gasteiger partial charge < -0.3 is 10.1 Å². The average molecular weight is 207 g/mol. The summed E-state index contributed by atoms with van der Waals surface area (Å²) in [6.45, 7) is 9.28. The minimum absolute atomic E-state index is 0.464. The highest BCUT2D eigenvalue weighted by Gasteiger charge is 2.01. The summed E-state index contributed by atoms with van der Waals surface area (Å²) < 4.78 is 5.57. The summed E-state index contributed by atoms with van der Waals surface area (Å²) in [5.41, 5.74) is 2.42. The molecule has 0 amide bonds. The van der Waals surface area contributed by atoms with Gasteiger partial charge in [0.05, 0.1) is 6.61 Å². The molecule has 0 saturated heterocycles. The first-order chi connectivity index (χ1) is 7.13. The third-order valence-corrected chi connectivity index (χ3v) is 2.11. The molecule has 0 aromatic heterocycles. The maximum Gasteiger partial charge on any atom is 0.119 e. The topological polar surface area (TPSA) is 21.3 Å². The van der Waals surface area contributed by atoms with Gasteiger partial charge in [-0.15, -0.1) is 0 Å². The van der Waals surface area contributed by atoms with E-state index in [1.807, 2.05) is 6.07 Å². The van der Waals surface area contributed by atoms with Crippen molar-refractivity contribution in [3.8, 4) is 5.75 Å². The Kier molecular flexibility index (Phi) is 4.47. The number of ether oxygens (including phenoxy) is 1. The molecule has 0 fully saturated rings. The third kappa shape index (κ3) is 3.82. The van der Waals surface area contributed by atoms with Crippen molar-refractivity contribution in [2.45, 2.75) is 40.2 Å². The van der Waals surface area contributed by atoms with Crippen LogP contribution in [0, 0.1) is 6.92 Å². The van der Waals surface area contributed by atoms with Crippen LogP contribution in [-0.2, 0) is 0 Å². The van der Waals surface area contributed by atoms with Crippen LogP contribution in [0.15, 0.2) is 18.2 Å². The van der Waals surface area contributed by atoms with Crippen molar-refractivity contribution in [1.82, 2.24) is 0 Å². The Labute approximate surface area is 92.6 Å². The summed E-state index contributed by atoms with van der Waals surface area (Å²) in [7, 11) is 0. The molecule has 2 heteroatoms. The number of nitrogens with one attached hydrogen (secondary N) is 1. The molecule has 1 rings (SSSR count). The van der Waals surface area contributed by atoms with Crippen LogP contribution in [0.3, 0.4) is 0 Å². The van der Waals surface area contributed by atoms with Crippen LogP contribution >= 0.6 is 0 Å². The smallest absolute Gasteiger partial charge is 0.119 e. The van der Waals surface area contributed by atoms with Crippen LogP contribution in [-0.4, -0.2) is 12.6 Å². The normalized spacial score (nSPS) is 10.5. The van der Waals surface area contributed by atoms with Crippen molar-refractivity contribution in [2.75, 3.05) is 11.9 Å². The molecule has 1 aromatic carbocycles. The highest BCUT2D eigenvalue weighted by Crippen LogP contribution is 2.21. The lowest BCUT2D eigenvalue weighted by molar-refractivity contribution is 0.317. The lowest BCUT2D eigenvalue weighted by Gasteiger charge is -2.14. The SMILES string of the molecule is CCCOc1ccc(NC(C)C)c(C)c1. The van der Waals surface area contributed by atoms with Gasteiger partial charge in [0.2, 0.25) is 0 Å². The van der Waals surface area contributed by atoms with Crippen LogP contribution < -0.4 is 10.1 Å². The van der Waals surface area contributed by atoms with Gasteiger partial charge in [-0.1, -0.05) is 6.92 Å². The molecule has 1 N–H and O–H groups in total. The Balaban J connectivity index is 2.70. The van der Waals surface area contributed by atoms with Crippen molar-refractivity contribution >= 4 is 5.69 Å². The van der Waals surface area contributed by atoms with Gasteiger partial charge in [-0.2, -0.15) is 0 Å². The molecule has 0 saturated carbocycles. The molecule has 0 aliphatic rings. The molecule has 2 nitrogen and oxygen atoms in total. The molecule has 0 heterocycles. The predicted octanol–water partition coefficient (Wildman–Crippen LogP) is 3.60. The highest BCUT2D eigenvalue weighted by atomic mass is 16.5. The Morgan fingerprint density at radius 3 is 2.60 bits per heavy atom. The molecular weight excluding hydrogens is 186 g/mol. The minimum atomic E-state index is 0.464. The molecule has 0 spiro atoms. The van der Waals surface area contributed by atoms with E-state index in [4.69, 9.17) is 4.74 Å². The quantitative estimate of drug-likeness (QED) is 0.796. The Bertz CT molecular complexity index is 307. The number of anilines is 1. The summed E-state index contributed by atoms with van der Waals surface area (Å²) in [6.07, 6.45) is 1.05. The van der Waals surface area contributed by atoms with E-state index < -0.39 is 0 Å². The van der Waals surface area contributed by atoms with Crippen molar-refractivity contribution in [2.24, 2.45) is 0 Å². The van der Waals surface area contributed by atoms with Crippen LogP contribution in [0.5, 0.6) is 5.75 Å². The van der Waals surface area contributed by atoms with Crippen molar-refractivity contribution in [3.05, 3.63) is 23.8 Å². The van der Waals surface area contributed by atoms with E-state index in [0.29, 0.717) is 6.04 Å².